The van der Waals surface area contributed by atoms with E-state index in [9.17, 15) is 4.79 Å². The Morgan fingerprint density at radius 2 is 2.00 bits per heavy atom. The van der Waals surface area contributed by atoms with Gasteiger partial charge in [0.25, 0.3) is 0 Å². The summed E-state index contributed by atoms with van der Waals surface area (Å²) in [6, 6.07) is 9.86. The van der Waals surface area contributed by atoms with Gasteiger partial charge < -0.3 is 4.74 Å². The average molecular weight is 271 g/mol. The second-order valence-electron chi connectivity index (χ2n) is 5.28. The summed E-state index contributed by atoms with van der Waals surface area (Å²) in [5.41, 5.74) is 1.37. The number of esters is 1. The third-order valence-electron chi connectivity index (χ3n) is 4.09. The summed E-state index contributed by atoms with van der Waals surface area (Å²) in [4.78, 5) is 16.4. The highest BCUT2D eigenvalue weighted by atomic mass is 16.5. The third kappa shape index (κ3) is 2.67. The number of benzene rings is 1. The molecule has 0 spiro atoms. The first-order chi connectivity index (χ1) is 9.58. The fourth-order valence-corrected chi connectivity index (χ4v) is 2.40. The fraction of sp³-hybridized carbons (Fsp3) is 0.412. The molecule has 0 aliphatic heterocycles. The van der Waals surface area contributed by atoms with E-state index in [4.69, 9.17) is 4.74 Å². The molecule has 1 aromatic carbocycles. The quantitative estimate of drug-likeness (QED) is 0.783. The molecule has 3 heteroatoms. The molecule has 2 rings (SSSR count). The average Bonchev–Trinajstić information content (AvgIpc) is 2.51. The van der Waals surface area contributed by atoms with Crippen molar-refractivity contribution in [2.75, 3.05) is 7.11 Å². The predicted octanol–water partition coefficient (Wildman–Crippen LogP) is 4.17. The van der Waals surface area contributed by atoms with Crippen LogP contribution in [0.5, 0.6) is 0 Å². The summed E-state index contributed by atoms with van der Waals surface area (Å²) < 4.78 is 4.81. The van der Waals surface area contributed by atoms with Crippen molar-refractivity contribution in [3.05, 3.63) is 41.7 Å². The number of nitrogens with zero attached hydrogens (tertiary/aromatic N) is 1. The minimum absolute atomic E-state index is 0.300. The van der Waals surface area contributed by atoms with Crippen LogP contribution in [0.3, 0.4) is 0 Å². The molecule has 1 aromatic heterocycles. The van der Waals surface area contributed by atoms with E-state index in [1.165, 1.54) is 7.11 Å². The lowest BCUT2D eigenvalue weighted by Gasteiger charge is -2.20. The van der Waals surface area contributed by atoms with Gasteiger partial charge in [-0.3, -0.25) is 0 Å². The van der Waals surface area contributed by atoms with E-state index in [-0.39, 0.29) is 5.97 Å². The number of ether oxygens (including phenoxy) is 1. The number of rotatable bonds is 4. The van der Waals surface area contributed by atoms with Crippen LogP contribution in [-0.4, -0.2) is 18.1 Å². The van der Waals surface area contributed by atoms with Crippen LogP contribution in [0.1, 0.15) is 49.3 Å². The lowest BCUT2D eigenvalue weighted by Crippen LogP contribution is -2.12. The van der Waals surface area contributed by atoms with Gasteiger partial charge in [-0.15, -0.1) is 0 Å². The Morgan fingerprint density at radius 3 is 2.65 bits per heavy atom. The van der Waals surface area contributed by atoms with Crippen LogP contribution >= 0.6 is 0 Å². The summed E-state index contributed by atoms with van der Waals surface area (Å²) in [5.74, 6) is 0.432. The van der Waals surface area contributed by atoms with E-state index in [1.54, 1.807) is 6.07 Å². The van der Waals surface area contributed by atoms with Crippen molar-refractivity contribution in [2.24, 2.45) is 5.92 Å². The zero-order valence-electron chi connectivity index (χ0n) is 12.5. The topological polar surface area (TPSA) is 39.2 Å². The fourth-order valence-electron chi connectivity index (χ4n) is 2.40. The zero-order chi connectivity index (χ0) is 14.7. The maximum Gasteiger partial charge on any atom is 0.356 e. The molecule has 0 saturated heterocycles. The Balaban J connectivity index is 2.63. The van der Waals surface area contributed by atoms with Crippen LogP contribution in [0.15, 0.2) is 30.3 Å². The van der Waals surface area contributed by atoms with E-state index in [2.05, 4.69) is 31.8 Å². The minimum Gasteiger partial charge on any atom is -0.464 e. The van der Waals surface area contributed by atoms with Crippen molar-refractivity contribution in [2.45, 2.75) is 33.1 Å². The van der Waals surface area contributed by atoms with Crippen molar-refractivity contribution < 1.29 is 9.53 Å². The molecule has 0 fully saturated rings. The van der Waals surface area contributed by atoms with Crippen LogP contribution in [-0.2, 0) is 4.74 Å². The highest BCUT2D eigenvalue weighted by Crippen LogP contribution is 2.31. The first kappa shape index (κ1) is 14.5. The largest absolute Gasteiger partial charge is 0.464 e. The summed E-state index contributed by atoms with van der Waals surface area (Å²) in [6.45, 7) is 6.56. The van der Waals surface area contributed by atoms with Gasteiger partial charge >= 0.3 is 5.97 Å². The van der Waals surface area contributed by atoms with Crippen molar-refractivity contribution in [1.82, 2.24) is 4.98 Å². The maximum absolute atomic E-state index is 11.8. The molecule has 1 heterocycles. The molecule has 0 N–H and O–H groups in total. The molecule has 106 valence electrons. The standard InChI is InChI=1S/C17H21NO2/c1-5-11(2)12(3)16-14-9-7-6-8-13(14)10-15(18-16)17(19)20-4/h6-12H,5H2,1-4H3. The molecule has 0 amide bonds. The lowest BCUT2D eigenvalue weighted by atomic mass is 9.88. The van der Waals surface area contributed by atoms with Crippen molar-refractivity contribution in [3.63, 3.8) is 0 Å². The lowest BCUT2D eigenvalue weighted by molar-refractivity contribution is 0.0594. The number of hydrogen-bond donors (Lipinski definition) is 0. The molecule has 0 radical (unpaired) electrons. The molecular formula is C17H21NO2. The summed E-state index contributed by atoms with van der Waals surface area (Å²) in [6.07, 6.45) is 1.08. The van der Waals surface area contributed by atoms with Crippen molar-refractivity contribution >= 4 is 16.7 Å². The van der Waals surface area contributed by atoms with Crippen LogP contribution < -0.4 is 0 Å². The van der Waals surface area contributed by atoms with Crippen LogP contribution in [0.2, 0.25) is 0 Å². The molecule has 20 heavy (non-hydrogen) atoms. The van der Waals surface area contributed by atoms with E-state index in [0.29, 0.717) is 17.5 Å². The second kappa shape index (κ2) is 6.04. The van der Waals surface area contributed by atoms with Gasteiger partial charge in [0.05, 0.1) is 12.8 Å². The van der Waals surface area contributed by atoms with Gasteiger partial charge in [-0.25, -0.2) is 9.78 Å². The summed E-state index contributed by atoms with van der Waals surface area (Å²) >= 11 is 0. The summed E-state index contributed by atoms with van der Waals surface area (Å²) in [5, 5.41) is 2.15. The first-order valence-electron chi connectivity index (χ1n) is 7.06. The Bertz CT molecular complexity index is 621. The smallest absolute Gasteiger partial charge is 0.356 e. The van der Waals surface area contributed by atoms with E-state index >= 15 is 0 Å². The Kier molecular flexibility index (Phi) is 4.38. The van der Waals surface area contributed by atoms with Gasteiger partial charge in [-0.2, -0.15) is 0 Å². The molecular weight excluding hydrogens is 250 g/mol. The van der Waals surface area contributed by atoms with E-state index in [0.717, 1.165) is 22.9 Å². The summed E-state index contributed by atoms with van der Waals surface area (Å²) in [7, 11) is 1.39. The number of carbonyl (C=O) groups is 1. The van der Waals surface area contributed by atoms with Gasteiger partial charge in [0, 0.05) is 11.3 Å². The van der Waals surface area contributed by atoms with Gasteiger partial charge in [-0.05, 0) is 17.4 Å². The van der Waals surface area contributed by atoms with Crippen LogP contribution in [0.25, 0.3) is 10.8 Å². The Morgan fingerprint density at radius 1 is 1.30 bits per heavy atom. The van der Waals surface area contributed by atoms with Gasteiger partial charge in [0.2, 0.25) is 0 Å². The van der Waals surface area contributed by atoms with Gasteiger partial charge in [-0.1, -0.05) is 51.5 Å². The van der Waals surface area contributed by atoms with Crippen molar-refractivity contribution in [3.8, 4) is 0 Å². The Hall–Kier alpha value is -1.90. The molecule has 0 saturated carbocycles. The molecule has 3 nitrogen and oxygen atoms in total. The van der Waals surface area contributed by atoms with Gasteiger partial charge in [0.1, 0.15) is 5.69 Å². The number of hydrogen-bond acceptors (Lipinski definition) is 3. The van der Waals surface area contributed by atoms with Gasteiger partial charge in [0.15, 0.2) is 0 Å². The molecule has 0 bridgehead atoms. The minimum atomic E-state index is -0.381. The monoisotopic (exact) mass is 271 g/mol. The highest BCUT2D eigenvalue weighted by molar-refractivity contribution is 5.94. The van der Waals surface area contributed by atoms with Crippen LogP contribution in [0.4, 0.5) is 0 Å². The van der Waals surface area contributed by atoms with Crippen LogP contribution in [0, 0.1) is 5.92 Å². The maximum atomic E-state index is 11.8. The molecule has 2 atom stereocenters. The number of fused-ring (bicyclic) bond motifs is 1. The SMILES string of the molecule is CCC(C)C(C)c1nc(C(=O)OC)cc2ccccc12. The molecule has 0 aliphatic carbocycles. The number of aromatic nitrogens is 1. The number of pyridine rings is 1. The normalized spacial score (nSPS) is 14.0. The number of methoxy groups -OCH3 is 1. The van der Waals surface area contributed by atoms with Crippen molar-refractivity contribution in [1.29, 1.82) is 0 Å². The third-order valence-corrected chi connectivity index (χ3v) is 4.09. The Labute approximate surface area is 120 Å². The first-order valence-corrected chi connectivity index (χ1v) is 7.06. The molecule has 0 aliphatic rings. The number of carbonyl (C=O) groups excluding carboxylic acids is 1. The van der Waals surface area contributed by atoms with E-state index in [1.807, 2.05) is 18.2 Å². The molecule has 2 aromatic rings. The predicted molar refractivity (Wildman–Crippen MR) is 81.0 cm³/mol. The van der Waals surface area contributed by atoms with E-state index < -0.39 is 0 Å². The highest BCUT2D eigenvalue weighted by Gasteiger charge is 2.19. The zero-order valence-corrected chi connectivity index (χ0v) is 12.5. The second-order valence-corrected chi connectivity index (χ2v) is 5.28. The molecule has 2 unspecified atom stereocenters.